The molecule has 0 aliphatic carbocycles. The third-order valence-electron chi connectivity index (χ3n) is 2.69. The standard InChI is InChI=1S/C11H15N3O2/c12-8-1-2-10-7(3-8)4-11(16)14(10)5-9(13)6-15/h1-3,9,15H,4-6,12-13H2. The fraction of sp³-hybridized carbons (Fsp3) is 0.364. The molecule has 1 amide bonds. The second-order valence-corrected chi connectivity index (χ2v) is 4.01. The SMILES string of the molecule is Nc1ccc2c(c1)CC(=O)N2CC(N)CO. The third-order valence-corrected chi connectivity index (χ3v) is 2.69. The van der Waals surface area contributed by atoms with Crippen LogP contribution >= 0.6 is 0 Å². The molecule has 5 N–H and O–H groups in total. The van der Waals surface area contributed by atoms with Crippen molar-refractivity contribution in [2.24, 2.45) is 5.73 Å². The van der Waals surface area contributed by atoms with E-state index in [0.29, 0.717) is 18.7 Å². The van der Waals surface area contributed by atoms with Crippen molar-refractivity contribution in [3.63, 3.8) is 0 Å². The molecule has 1 aromatic rings. The second-order valence-electron chi connectivity index (χ2n) is 4.01. The van der Waals surface area contributed by atoms with Crippen LogP contribution in [0.4, 0.5) is 11.4 Å². The Kier molecular flexibility index (Phi) is 2.80. The summed E-state index contributed by atoms with van der Waals surface area (Å²) in [4.78, 5) is 13.3. The zero-order valence-electron chi connectivity index (χ0n) is 8.89. The van der Waals surface area contributed by atoms with Gasteiger partial charge in [-0.25, -0.2) is 0 Å². The average Bonchev–Trinajstić information content (AvgIpc) is 2.54. The summed E-state index contributed by atoms with van der Waals surface area (Å²) in [6, 6.07) is 4.97. The van der Waals surface area contributed by atoms with E-state index in [0.717, 1.165) is 11.3 Å². The van der Waals surface area contributed by atoms with Gasteiger partial charge in [0.05, 0.1) is 13.0 Å². The first kappa shape index (κ1) is 10.9. The molecule has 0 bridgehead atoms. The van der Waals surface area contributed by atoms with Gasteiger partial charge in [0.1, 0.15) is 0 Å². The van der Waals surface area contributed by atoms with Gasteiger partial charge >= 0.3 is 0 Å². The summed E-state index contributed by atoms with van der Waals surface area (Å²) in [7, 11) is 0. The summed E-state index contributed by atoms with van der Waals surface area (Å²) in [6.07, 6.45) is 0.360. The van der Waals surface area contributed by atoms with E-state index in [9.17, 15) is 4.79 Å². The lowest BCUT2D eigenvalue weighted by atomic mass is 10.1. The number of rotatable bonds is 3. The zero-order valence-corrected chi connectivity index (χ0v) is 8.89. The lowest BCUT2D eigenvalue weighted by Crippen LogP contribution is -2.41. The van der Waals surface area contributed by atoms with Crippen molar-refractivity contribution >= 4 is 17.3 Å². The first-order valence-corrected chi connectivity index (χ1v) is 5.17. The van der Waals surface area contributed by atoms with E-state index in [1.807, 2.05) is 6.07 Å². The monoisotopic (exact) mass is 221 g/mol. The van der Waals surface area contributed by atoms with Gasteiger partial charge in [0.25, 0.3) is 0 Å². The molecule has 1 atom stereocenters. The zero-order chi connectivity index (χ0) is 11.7. The van der Waals surface area contributed by atoms with Crippen molar-refractivity contribution in [2.75, 3.05) is 23.8 Å². The van der Waals surface area contributed by atoms with E-state index in [2.05, 4.69) is 0 Å². The summed E-state index contributed by atoms with van der Waals surface area (Å²) in [6.45, 7) is 0.209. The van der Waals surface area contributed by atoms with Crippen LogP contribution in [0.25, 0.3) is 0 Å². The van der Waals surface area contributed by atoms with Crippen LogP contribution in [0.2, 0.25) is 0 Å². The number of fused-ring (bicyclic) bond motifs is 1. The van der Waals surface area contributed by atoms with Crippen molar-refractivity contribution in [3.8, 4) is 0 Å². The molecular formula is C11H15N3O2. The van der Waals surface area contributed by atoms with Gasteiger partial charge in [-0.15, -0.1) is 0 Å². The average molecular weight is 221 g/mol. The van der Waals surface area contributed by atoms with E-state index in [-0.39, 0.29) is 12.5 Å². The molecule has 0 saturated carbocycles. The van der Waals surface area contributed by atoms with Gasteiger partial charge in [-0.1, -0.05) is 0 Å². The van der Waals surface area contributed by atoms with Crippen LogP contribution in [0.1, 0.15) is 5.56 Å². The summed E-state index contributed by atoms with van der Waals surface area (Å²) >= 11 is 0. The quantitative estimate of drug-likeness (QED) is 0.599. The number of benzene rings is 1. The highest BCUT2D eigenvalue weighted by molar-refractivity contribution is 6.01. The maximum atomic E-state index is 11.7. The third kappa shape index (κ3) is 1.87. The van der Waals surface area contributed by atoms with Crippen LogP contribution in [0.15, 0.2) is 18.2 Å². The largest absolute Gasteiger partial charge is 0.399 e. The van der Waals surface area contributed by atoms with Gasteiger partial charge in [-0.05, 0) is 23.8 Å². The first-order valence-electron chi connectivity index (χ1n) is 5.17. The number of amides is 1. The molecule has 5 heteroatoms. The van der Waals surface area contributed by atoms with Crippen molar-refractivity contribution in [1.29, 1.82) is 0 Å². The number of nitrogens with two attached hydrogens (primary N) is 2. The van der Waals surface area contributed by atoms with Crippen LogP contribution in [-0.2, 0) is 11.2 Å². The second kappa shape index (κ2) is 4.11. The molecule has 5 nitrogen and oxygen atoms in total. The van der Waals surface area contributed by atoms with Gasteiger partial charge in [0.2, 0.25) is 5.91 Å². The van der Waals surface area contributed by atoms with E-state index >= 15 is 0 Å². The van der Waals surface area contributed by atoms with Crippen molar-refractivity contribution < 1.29 is 9.90 Å². The first-order chi connectivity index (χ1) is 7.61. The van der Waals surface area contributed by atoms with E-state index < -0.39 is 6.04 Å². The van der Waals surface area contributed by atoms with Crippen molar-refractivity contribution in [2.45, 2.75) is 12.5 Å². The molecule has 0 aromatic heterocycles. The smallest absolute Gasteiger partial charge is 0.231 e. The number of anilines is 2. The number of nitrogen functional groups attached to an aromatic ring is 1. The van der Waals surface area contributed by atoms with Gasteiger partial charge < -0.3 is 21.5 Å². The number of hydrogen-bond acceptors (Lipinski definition) is 4. The predicted octanol–water partition coefficient (Wildman–Crippen LogP) is -0.522. The highest BCUT2D eigenvalue weighted by Crippen LogP contribution is 2.30. The van der Waals surface area contributed by atoms with Crippen LogP contribution in [0.5, 0.6) is 0 Å². The number of aliphatic hydroxyl groups excluding tert-OH is 1. The Hall–Kier alpha value is -1.59. The molecule has 0 saturated heterocycles. The Morgan fingerprint density at radius 3 is 2.94 bits per heavy atom. The van der Waals surface area contributed by atoms with Crippen LogP contribution in [0.3, 0.4) is 0 Å². The topological polar surface area (TPSA) is 92.6 Å². The lowest BCUT2D eigenvalue weighted by molar-refractivity contribution is -0.117. The minimum atomic E-state index is -0.410. The molecule has 0 spiro atoms. The van der Waals surface area contributed by atoms with Crippen molar-refractivity contribution in [1.82, 2.24) is 0 Å². The van der Waals surface area contributed by atoms with Gasteiger partial charge in [-0.2, -0.15) is 0 Å². The van der Waals surface area contributed by atoms with E-state index in [1.165, 1.54) is 0 Å². The van der Waals surface area contributed by atoms with E-state index in [1.54, 1.807) is 17.0 Å². The minimum absolute atomic E-state index is 0.00417. The number of hydrogen-bond donors (Lipinski definition) is 3. The summed E-state index contributed by atoms with van der Waals surface area (Å²) in [5, 5.41) is 8.89. The normalized spacial score (nSPS) is 16.4. The van der Waals surface area contributed by atoms with Crippen LogP contribution < -0.4 is 16.4 Å². The number of nitrogens with zero attached hydrogens (tertiary/aromatic N) is 1. The predicted molar refractivity (Wildman–Crippen MR) is 62.0 cm³/mol. The molecule has 1 heterocycles. The lowest BCUT2D eigenvalue weighted by Gasteiger charge is -2.20. The Morgan fingerprint density at radius 2 is 2.25 bits per heavy atom. The molecule has 2 rings (SSSR count). The molecular weight excluding hydrogens is 206 g/mol. The molecule has 16 heavy (non-hydrogen) atoms. The Balaban J connectivity index is 2.26. The van der Waals surface area contributed by atoms with E-state index in [4.69, 9.17) is 16.6 Å². The van der Waals surface area contributed by atoms with Crippen LogP contribution in [-0.4, -0.2) is 30.2 Å². The van der Waals surface area contributed by atoms with Gasteiger partial charge in [0, 0.05) is 24.0 Å². The highest BCUT2D eigenvalue weighted by Gasteiger charge is 2.28. The molecule has 1 aromatic carbocycles. The summed E-state index contributed by atoms with van der Waals surface area (Å²) < 4.78 is 0. The Bertz CT molecular complexity index is 420. The molecule has 1 aliphatic heterocycles. The fourth-order valence-corrected chi connectivity index (χ4v) is 1.90. The Morgan fingerprint density at radius 1 is 1.50 bits per heavy atom. The summed E-state index contributed by atoms with van der Waals surface area (Å²) in [5.41, 5.74) is 13.7. The molecule has 0 fully saturated rings. The number of aliphatic hydroxyl groups is 1. The van der Waals surface area contributed by atoms with Crippen molar-refractivity contribution in [3.05, 3.63) is 23.8 Å². The van der Waals surface area contributed by atoms with Gasteiger partial charge in [-0.3, -0.25) is 4.79 Å². The number of carbonyl (C=O) groups excluding carboxylic acids is 1. The molecule has 1 unspecified atom stereocenters. The fourth-order valence-electron chi connectivity index (χ4n) is 1.90. The van der Waals surface area contributed by atoms with Crippen LogP contribution in [0, 0.1) is 0 Å². The number of carbonyl (C=O) groups is 1. The van der Waals surface area contributed by atoms with Gasteiger partial charge in [0.15, 0.2) is 0 Å². The maximum absolute atomic E-state index is 11.7. The minimum Gasteiger partial charge on any atom is -0.399 e. The highest BCUT2D eigenvalue weighted by atomic mass is 16.3. The maximum Gasteiger partial charge on any atom is 0.231 e. The molecule has 0 radical (unpaired) electrons. The summed E-state index contributed by atoms with van der Waals surface area (Å²) in [5.74, 6) is 0.00417. The Labute approximate surface area is 93.6 Å². The molecule has 86 valence electrons. The molecule has 1 aliphatic rings.